The molecule has 90 valence electrons. The number of fused-ring (bicyclic) bond motifs is 4. The van der Waals surface area contributed by atoms with Gasteiger partial charge in [0.25, 0.3) is 0 Å². The molecule has 0 bridgehead atoms. The average Bonchev–Trinajstić information content (AvgIpc) is 2.99. The number of allylic oxidation sites excluding steroid dienone is 2. The third-order valence-corrected chi connectivity index (χ3v) is 5.73. The van der Waals surface area contributed by atoms with Gasteiger partial charge in [0.15, 0.2) is 0 Å². The van der Waals surface area contributed by atoms with Gasteiger partial charge in [-0.25, -0.2) is 4.79 Å². The van der Waals surface area contributed by atoms with E-state index in [1.165, 1.54) is 12.0 Å². The van der Waals surface area contributed by atoms with Crippen LogP contribution in [0.15, 0.2) is 22.3 Å². The van der Waals surface area contributed by atoms with Gasteiger partial charge in [0.1, 0.15) is 6.10 Å². The minimum Gasteiger partial charge on any atom is -0.454 e. The van der Waals surface area contributed by atoms with Crippen molar-refractivity contribution < 1.29 is 9.53 Å². The second-order valence-electron chi connectivity index (χ2n) is 6.45. The van der Waals surface area contributed by atoms with E-state index in [4.69, 9.17) is 4.74 Å². The molecule has 4 atom stereocenters. The van der Waals surface area contributed by atoms with Crippen LogP contribution in [0.1, 0.15) is 40.0 Å². The van der Waals surface area contributed by atoms with E-state index in [-0.39, 0.29) is 12.1 Å². The Kier molecular flexibility index (Phi) is 1.56. The molecule has 0 saturated heterocycles. The molecule has 4 aliphatic rings. The number of hydrogen-bond donors (Lipinski definition) is 0. The monoisotopic (exact) mass is 230 g/mol. The van der Waals surface area contributed by atoms with Gasteiger partial charge in [0, 0.05) is 5.57 Å². The summed E-state index contributed by atoms with van der Waals surface area (Å²) in [5.74, 6) is 1.61. The van der Waals surface area contributed by atoms with Gasteiger partial charge >= 0.3 is 5.97 Å². The summed E-state index contributed by atoms with van der Waals surface area (Å²) in [6, 6.07) is 0. The first kappa shape index (κ1) is 9.93. The molecular weight excluding hydrogens is 212 g/mol. The van der Waals surface area contributed by atoms with Gasteiger partial charge < -0.3 is 4.74 Å². The van der Waals surface area contributed by atoms with Gasteiger partial charge in [-0.15, -0.1) is 0 Å². The van der Waals surface area contributed by atoms with Gasteiger partial charge in [0.05, 0.1) is 0 Å². The molecule has 0 aromatic heterocycles. The summed E-state index contributed by atoms with van der Waals surface area (Å²) in [5, 5.41) is 0. The molecule has 1 aliphatic heterocycles. The Hall–Kier alpha value is -1.05. The SMILES string of the molecule is CC1=C2CC3=C(C)[C@H]4C[C@H]4[C@]3(C)C[C@@H]2OC1=O. The lowest BCUT2D eigenvalue weighted by atomic mass is 9.67. The topological polar surface area (TPSA) is 26.3 Å². The normalized spacial score (nSPS) is 46.8. The molecule has 0 unspecified atom stereocenters. The van der Waals surface area contributed by atoms with Crippen molar-refractivity contribution in [1.29, 1.82) is 0 Å². The summed E-state index contributed by atoms with van der Waals surface area (Å²) in [4.78, 5) is 11.6. The summed E-state index contributed by atoms with van der Waals surface area (Å²) in [6.07, 6.45) is 3.48. The Labute approximate surface area is 102 Å². The number of carbonyl (C=O) groups excluding carboxylic acids is 1. The van der Waals surface area contributed by atoms with Crippen LogP contribution in [-0.4, -0.2) is 12.1 Å². The van der Waals surface area contributed by atoms with Crippen molar-refractivity contribution >= 4 is 5.97 Å². The highest BCUT2D eigenvalue weighted by molar-refractivity contribution is 5.92. The Morgan fingerprint density at radius 2 is 2.12 bits per heavy atom. The fraction of sp³-hybridized carbons (Fsp3) is 0.667. The van der Waals surface area contributed by atoms with Crippen molar-refractivity contribution in [1.82, 2.24) is 0 Å². The van der Waals surface area contributed by atoms with E-state index < -0.39 is 0 Å². The van der Waals surface area contributed by atoms with E-state index in [9.17, 15) is 4.79 Å². The zero-order valence-electron chi connectivity index (χ0n) is 10.7. The van der Waals surface area contributed by atoms with Gasteiger partial charge in [-0.05, 0) is 55.9 Å². The lowest BCUT2D eigenvalue weighted by Crippen LogP contribution is -2.33. The molecule has 2 nitrogen and oxygen atoms in total. The smallest absolute Gasteiger partial charge is 0.334 e. The van der Waals surface area contributed by atoms with Crippen LogP contribution < -0.4 is 0 Å². The van der Waals surface area contributed by atoms with Crippen molar-refractivity contribution in [3.63, 3.8) is 0 Å². The van der Waals surface area contributed by atoms with Crippen LogP contribution >= 0.6 is 0 Å². The zero-order chi connectivity index (χ0) is 11.9. The molecule has 1 heterocycles. The first-order valence-electron chi connectivity index (χ1n) is 6.63. The Morgan fingerprint density at radius 1 is 1.35 bits per heavy atom. The van der Waals surface area contributed by atoms with Gasteiger partial charge in [0.2, 0.25) is 0 Å². The minimum atomic E-state index is -0.0841. The second-order valence-corrected chi connectivity index (χ2v) is 6.45. The van der Waals surface area contributed by atoms with Gasteiger partial charge in [-0.3, -0.25) is 0 Å². The maximum atomic E-state index is 11.6. The lowest BCUT2D eigenvalue weighted by Gasteiger charge is -2.39. The number of esters is 1. The maximum Gasteiger partial charge on any atom is 0.334 e. The quantitative estimate of drug-likeness (QED) is 0.472. The molecule has 3 aliphatic carbocycles. The molecule has 0 aromatic rings. The van der Waals surface area contributed by atoms with Gasteiger partial charge in [-0.2, -0.15) is 0 Å². The number of hydrogen-bond acceptors (Lipinski definition) is 2. The third kappa shape index (κ3) is 1.00. The molecule has 0 N–H and O–H groups in total. The standard InChI is InChI=1S/C15H18O2/c1-7-9-4-12(9)15(3)6-13-10(5-11(7)15)8(2)14(16)17-13/h9,12-13H,4-6H2,1-3H3/t9-,12-,13+,15-/m1/s1. The predicted octanol–water partition coefficient (Wildman–Crippen LogP) is 2.99. The maximum absolute atomic E-state index is 11.6. The van der Waals surface area contributed by atoms with Crippen LogP contribution in [0.25, 0.3) is 0 Å². The summed E-state index contributed by atoms with van der Waals surface area (Å²) >= 11 is 0. The summed E-state index contributed by atoms with van der Waals surface area (Å²) in [6.45, 7) is 6.62. The van der Waals surface area contributed by atoms with Crippen LogP contribution in [-0.2, 0) is 9.53 Å². The van der Waals surface area contributed by atoms with E-state index in [0.29, 0.717) is 5.41 Å². The first-order chi connectivity index (χ1) is 8.02. The van der Waals surface area contributed by atoms with E-state index in [0.717, 1.165) is 30.3 Å². The predicted molar refractivity (Wildman–Crippen MR) is 64.2 cm³/mol. The summed E-state index contributed by atoms with van der Waals surface area (Å²) < 4.78 is 5.52. The molecular formula is C15H18O2. The van der Waals surface area contributed by atoms with E-state index in [1.807, 2.05) is 6.92 Å². The number of rotatable bonds is 0. The van der Waals surface area contributed by atoms with Crippen molar-refractivity contribution in [2.24, 2.45) is 17.3 Å². The molecule has 0 spiro atoms. The Balaban J connectivity index is 1.82. The zero-order valence-corrected chi connectivity index (χ0v) is 10.7. The highest BCUT2D eigenvalue weighted by Gasteiger charge is 2.61. The van der Waals surface area contributed by atoms with Crippen molar-refractivity contribution in [2.75, 3.05) is 0 Å². The van der Waals surface area contributed by atoms with Gasteiger partial charge in [-0.1, -0.05) is 18.1 Å². The third-order valence-electron chi connectivity index (χ3n) is 5.73. The van der Waals surface area contributed by atoms with E-state index in [1.54, 1.807) is 11.1 Å². The molecule has 2 saturated carbocycles. The van der Waals surface area contributed by atoms with Crippen LogP contribution in [0.5, 0.6) is 0 Å². The molecule has 2 fully saturated rings. The molecule has 0 amide bonds. The highest BCUT2D eigenvalue weighted by Crippen LogP contribution is 2.69. The Bertz CT molecular complexity index is 511. The number of carbonyl (C=O) groups is 1. The van der Waals surface area contributed by atoms with Crippen LogP contribution in [0.2, 0.25) is 0 Å². The summed E-state index contributed by atoms with van der Waals surface area (Å²) in [7, 11) is 0. The highest BCUT2D eigenvalue weighted by atomic mass is 16.5. The molecule has 2 heteroatoms. The molecule has 0 aromatic carbocycles. The van der Waals surface area contributed by atoms with Crippen LogP contribution in [0.4, 0.5) is 0 Å². The second kappa shape index (κ2) is 2.68. The largest absolute Gasteiger partial charge is 0.454 e. The molecule has 17 heavy (non-hydrogen) atoms. The van der Waals surface area contributed by atoms with Crippen molar-refractivity contribution in [3.05, 3.63) is 22.3 Å². The van der Waals surface area contributed by atoms with Crippen molar-refractivity contribution in [3.8, 4) is 0 Å². The lowest BCUT2D eigenvalue weighted by molar-refractivity contribution is -0.140. The molecule has 0 radical (unpaired) electrons. The Morgan fingerprint density at radius 3 is 2.88 bits per heavy atom. The van der Waals surface area contributed by atoms with E-state index in [2.05, 4.69) is 13.8 Å². The summed E-state index contributed by atoms with van der Waals surface area (Å²) in [5.41, 5.74) is 5.72. The number of ether oxygens (including phenoxy) is 1. The van der Waals surface area contributed by atoms with Crippen LogP contribution in [0, 0.1) is 17.3 Å². The average molecular weight is 230 g/mol. The minimum absolute atomic E-state index is 0.0841. The van der Waals surface area contributed by atoms with Crippen molar-refractivity contribution in [2.45, 2.75) is 46.1 Å². The van der Waals surface area contributed by atoms with E-state index >= 15 is 0 Å². The molecule has 4 rings (SSSR count). The van der Waals surface area contributed by atoms with Crippen LogP contribution in [0.3, 0.4) is 0 Å². The fourth-order valence-electron chi connectivity index (χ4n) is 4.54. The first-order valence-corrected chi connectivity index (χ1v) is 6.63. The fourth-order valence-corrected chi connectivity index (χ4v) is 4.54.